The molecule has 128 valence electrons. The number of amides is 1. The minimum absolute atomic E-state index is 0.193. The minimum Gasteiger partial charge on any atom is -0.387 e. The van der Waals surface area contributed by atoms with Crippen molar-refractivity contribution in [2.75, 3.05) is 18.1 Å². The number of hydrogen-bond acceptors (Lipinski definition) is 3. The molecule has 1 aliphatic rings. The largest absolute Gasteiger partial charge is 0.387 e. The molecule has 1 aliphatic heterocycles. The molecule has 6 heteroatoms. The number of aromatic nitrogens is 1. The third-order valence-corrected chi connectivity index (χ3v) is 5.66. The number of nitrogens with zero attached hydrogens (tertiary/aromatic N) is 1. The van der Waals surface area contributed by atoms with Gasteiger partial charge in [-0.05, 0) is 56.4 Å². The van der Waals surface area contributed by atoms with Crippen molar-refractivity contribution in [3.8, 4) is 5.69 Å². The van der Waals surface area contributed by atoms with Crippen LogP contribution in [0.25, 0.3) is 5.69 Å². The molecule has 1 fully saturated rings. The Balaban J connectivity index is 1.80. The number of halogens is 1. The first kappa shape index (κ1) is 17.0. The quantitative estimate of drug-likeness (QED) is 0.893. The first-order valence-corrected chi connectivity index (χ1v) is 9.08. The molecule has 0 bridgehead atoms. The summed E-state index contributed by atoms with van der Waals surface area (Å²) in [5, 5.41) is 13.2. The van der Waals surface area contributed by atoms with Crippen LogP contribution in [0, 0.1) is 19.7 Å². The topological polar surface area (TPSA) is 54.3 Å². The second kappa shape index (κ2) is 6.61. The van der Waals surface area contributed by atoms with E-state index >= 15 is 0 Å². The zero-order chi connectivity index (χ0) is 17.3. The summed E-state index contributed by atoms with van der Waals surface area (Å²) in [6.45, 7) is 4.04. The van der Waals surface area contributed by atoms with E-state index < -0.39 is 5.60 Å². The zero-order valence-electron chi connectivity index (χ0n) is 13.8. The van der Waals surface area contributed by atoms with Gasteiger partial charge < -0.3 is 15.0 Å². The van der Waals surface area contributed by atoms with Gasteiger partial charge in [0.1, 0.15) is 5.82 Å². The summed E-state index contributed by atoms with van der Waals surface area (Å²) in [7, 11) is 0. The summed E-state index contributed by atoms with van der Waals surface area (Å²) in [4.78, 5) is 12.5. The lowest BCUT2D eigenvalue weighted by atomic mass is 10.0. The summed E-state index contributed by atoms with van der Waals surface area (Å²) in [5.74, 6) is 1.09. The van der Waals surface area contributed by atoms with Crippen molar-refractivity contribution in [1.82, 2.24) is 9.88 Å². The lowest BCUT2D eigenvalue weighted by molar-refractivity contribution is 0.0612. The van der Waals surface area contributed by atoms with E-state index in [1.165, 1.54) is 12.1 Å². The van der Waals surface area contributed by atoms with Gasteiger partial charge in [-0.3, -0.25) is 4.79 Å². The van der Waals surface area contributed by atoms with Gasteiger partial charge in [-0.1, -0.05) is 0 Å². The molecule has 1 aromatic heterocycles. The highest BCUT2D eigenvalue weighted by Gasteiger charge is 2.32. The molecular formula is C18H21FN2O2S. The number of carbonyl (C=O) groups is 1. The summed E-state index contributed by atoms with van der Waals surface area (Å²) in [5.41, 5.74) is 2.29. The van der Waals surface area contributed by atoms with E-state index in [1.54, 1.807) is 23.9 Å². The number of benzene rings is 1. The summed E-state index contributed by atoms with van der Waals surface area (Å²) in [6, 6.07) is 8.01. The maximum Gasteiger partial charge on any atom is 0.253 e. The number of aliphatic hydroxyl groups is 1. The number of rotatable bonds is 4. The van der Waals surface area contributed by atoms with Crippen molar-refractivity contribution >= 4 is 17.7 Å². The Morgan fingerprint density at radius 1 is 1.38 bits per heavy atom. The van der Waals surface area contributed by atoms with Gasteiger partial charge in [-0.15, -0.1) is 0 Å². The van der Waals surface area contributed by atoms with Crippen LogP contribution in [-0.4, -0.2) is 39.2 Å². The van der Waals surface area contributed by atoms with Gasteiger partial charge in [-0.2, -0.15) is 11.8 Å². The van der Waals surface area contributed by atoms with E-state index in [0.29, 0.717) is 17.7 Å². The second-order valence-electron chi connectivity index (χ2n) is 6.31. The van der Waals surface area contributed by atoms with Crippen molar-refractivity contribution in [2.24, 2.45) is 0 Å². The molecule has 24 heavy (non-hydrogen) atoms. The van der Waals surface area contributed by atoms with E-state index in [0.717, 1.165) is 22.8 Å². The third-order valence-electron chi connectivity index (χ3n) is 4.42. The first-order valence-electron chi connectivity index (χ1n) is 7.93. The van der Waals surface area contributed by atoms with E-state index in [2.05, 4.69) is 5.32 Å². The molecule has 0 aliphatic carbocycles. The van der Waals surface area contributed by atoms with Crippen molar-refractivity contribution < 1.29 is 14.3 Å². The highest BCUT2D eigenvalue weighted by Crippen LogP contribution is 2.27. The number of hydrogen-bond donors (Lipinski definition) is 2. The van der Waals surface area contributed by atoms with Crippen LogP contribution >= 0.6 is 11.8 Å². The van der Waals surface area contributed by atoms with E-state index in [4.69, 9.17) is 0 Å². The van der Waals surface area contributed by atoms with Crippen LogP contribution in [0.4, 0.5) is 4.39 Å². The Morgan fingerprint density at radius 2 is 2.08 bits per heavy atom. The number of thioether (sulfide) groups is 1. The molecule has 2 aromatic rings. The zero-order valence-corrected chi connectivity index (χ0v) is 14.6. The smallest absolute Gasteiger partial charge is 0.253 e. The molecule has 2 heterocycles. The molecule has 3 rings (SSSR count). The van der Waals surface area contributed by atoms with E-state index in [-0.39, 0.29) is 18.3 Å². The van der Waals surface area contributed by atoms with Crippen LogP contribution in [-0.2, 0) is 0 Å². The van der Waals surface area contributed by atoms with Crippen molar-refractivity contribution in [2.45, 2.75) is 25.9 Å². The predicted octanol–water partition coefficient (Wildman–Crippen LogP) is 2.83. The number of carbonyl (C=O) groups excluding carboxylic acids is 1. The third kappa shape index (κ3) is 3.35. The van der Waals surface area contributed by atoms with Gasteiger partial charge >= 0.3 is 0 Å². The Hall–Kier alpha value is -1.79. The standard InChI is InChI=1S/C18H21FN2O2S/c1-12-9-16(17(22)20-10-18(23)7-8-24-11-18)13(2)21(12)15-5-3-14(19)4-6-15/h3-6,9,23H,7-8,10-11H2,1-2H3,(H,20,22). The molecule has 1 atom stereocenters. The second-order valence-corrected chi connectivity index (χ2v) is 7.41. The summed E-state index contributed by atoms with van der Waals surface area (Å²) in [6.07, 6.45) is 0.701. The van der Waals surface area contributed by atoms with E-state index in [1.807, 2.05) is 24.5 Å². The van der Waals surface area contributed by atoms with Crippen LogP contribution in [0.2, 0.25) is 0 Å². The maximum absolute atomic E-state index is 13.1. The molecule has 1 saturated heterocycles. The lowest BCUT2D eigenvalue weighted by Crippen LogP contribution is -2.43. The Labute approximate surface area is 145 Å². The SMILES string of the molecule is Cc1cc(C(=O)NCC2(O)CCSC2)c(C)n1-c1ccc(F)cc1. The Bertz CT molecular complexity index is 749. The average molecular weight is 348 g/mol. The Morgan fingerprint density at radius 3 is 2.71 bits per heavy atom. The summed E-state index contributed by atoms with van der Waals surface area (Å²) < 4.78 is 15.0. The van der Waals surface area contributed by atoms with Crippen LogP contribution in [0.1, 0.15) is 28.2 Å². The van der Waals surface area contributed by atoms with Gasteiger partial charge in [0.25, 0.3) is 5.91 Å². The lowest BCUT2D eigenvalue weighted by Gasteiger charge is -2.21. The van der Waals surface area contributed by atoms with Crippen LogP contribution in [0.3, 0.4) is 0 Å². The van der Waals surface area contributed by atoms with Gasteiger partial charge in [0.05, 0.1) is 11.2 Å². The van der Waals surface area contributed by atoms with Crippen molar-refractivity contribution in [3.63, 3.8) is 0 Å². The molecule has 0 spiro atoms. The fraction of sp³-hybridized carbons (Fsp3) is 0.389. The molecule has 0 saturated carbocycles. The fourth-order valence-electron chi connectivity index (χ4n) is 3.06. The number of nitrogens with one attached hydrogen (secondary N) is 1. The molecule has 1 unspecified atom stereocenters. The maximum atomic E-state index is 13.1. The summed E-state index contributed by atoms with van der Waals surface area (Å²) >= 11 is 1.70. The monoisotopic (exact) mass is 348 g/mol. The van der Waals surface area contributed by atoms with Crippen LogP contribution in [0.5, 0.6) is 0 Å². The van der Waals surface area contributed by atoms with Gasteiger partial charge in [0.2, 0.25) is 0 Å². The first-order chi connectivity index (χ1) is 11.4. The Kier molecular flexibility index (Phi) is 4.69. The molecule has 2 N–H and O–H groups in total. The molecular weight excluding hydrogens is 327 g/mol. The van der Waals surface area contributed by atoms with Gasteiger partial charge in [-0.25, -0.2) is 4.39 Å². The molecule has 4 nitrogen and oxygen atoms in total. The molecule has 0 radical (unpaired) electrons. The predicted molar refractivity (Wildman–Crippen MR) is 94.4 cm³/mol. The normalized spacial score (nSPS) is 20.3. The highest BCUT2D eigenvalue weighted by atomic mass is 32.2. The fourth-order valence-corrected chi connectivity index (χ4v) is 4.35. The van der Waals surface area contributed by atoms with Gasteiger partial charge in [0, 0.05) is 29.4 Å². The molecule has 1 aromatic carbocycles. The molecule has 1 amide bonds. The van der Waals surface area contributed by atoms with Crippen molar-refractivity contribution in [3.05, 3.63) is 53.1 Å². The van der Waals surface area contributed by atoms with E-state index in [9.17, 15) is 14.3 Å². The van der Waals surface area contributed by atoms with Crippen LogP contribution < -0.4 is 5.32 Å². The highest BCUT2D eigenvalue weighted by molar-refractivity contribution is 7.99. The van der Waals surface area contributed by atoms with Gasteiger partial charge in [0.15, 0.2) is 0 Å². The van der Waals surface area contributed by atoms with Crippen LogP contribution in [0.15, 0.2) is 30.3 Å². The van der Waals surface area contributed by atoms with Crippen molar-refractivity contribution in [1.29, 1.82) is 0 Å². The number of aryl methyl sites for hydroxylation is 1. The minimum atomic E-state index is -0.803. The average Bonchev–Trinajstić information content (AvgIpc) is 3.11.